The predicted molar refractivity (Wildman–Crippen MR) is 71.4 cm³/mol. The van der Waals surface area contributed by atoms with Crippen LogP contribution in [0, 0.1) is 0 Å². The zero-order valence-corrected chi connectivity index (χ0v) is 10.7. The molecule has 1 aromatic carbocycles. The van der Waals surface area contributed by atoms with Gasteiger partial charge in [-0.05, 0) is 23.4 Å². The predicted octanol–water partition coefficient (Wildman–Crippen LogP) is 3.19. The van der Waals surface area contributed by atoms with Gasteiger partial charge in [0.25, 0.3) is 5.91 Å². The van der Waals surface area contributed by atoms with Gasteiger partial charge in [0.05, 0.1) is 13.2 Å². The van der Waals surface area contributed by atoms with Crippen LogP contribution < -0.4 is 0 Å². The summed E-state index contributed by atoms with van der Waals surface area (Å²) in [6, 6.07) is 12.0. The first-order valence-electron chi connectivity index (χ1n) is 5.94. The largest absolute Gasteiger partial charge is 0.288 e. The molecule has 92 valence electrons. The molecule has 0 N–H and O–H groups in total. The van der Waals surface area contributed by atoms with Crippen LogP contribution in [0.1, 0.15) is 16.1 Å². The van der Waals surface area contributed by atoms with Crippen molar-refractivity contribution in [2.75, 3.05) is 13.2 Å². The lowest BCUT2D eigenvalue weighted by Crippen LogP contribution is -2.26. The number of rotatable bonds is 2. The van der Waals surface area contributed by atoms with Crippen LogP contribution in [0.25, 0.3) is 11.1 Å². The maximum Gasteiger partial charge on any atom is 0.288 e. The van der Waals surface area contributed by atoms with Gasteiger partial charge in [-0.15, -0.1) is 11.3 Å². The fraction of sp³-hybridized carbons (Fsp3) is 0.214. The average molecular weight is 259 g/mol. The van der Waals surface area contributed by atoms with E-state index in [0.29, 0.717) is 13.2 Å². The van der Waals surface area contributed by atoms with Crippen molar-refractivity contribution in [1.82, 2.24) is 5.06 Å². The Balaban J connectivity index is 1.94. The third kappa shape index (κ3) is 2.05. The molecule has 3 rings (SSSR count). The van der Waals surface area contributed by atoms with Crippen molar-refractivity contribution in [1.29, 1.82) is 0 Å². The van der Waals surface area contributed by atoms with Gasteiger partial charge in [0.2, 0.25) is 0 Å². The van der Waals surface area contributed by atoms with E-state index in [4.69, 9.17) is 4.84 Å². The molecule has 0 bridgehead atoms. The van der Waals surface area contributed by atoms with Crippen LogP contribution >= 0.6 is 11.3 Å². The summed E-state index contributed by atoms with van der Waals surface area (Å²) in [5.74, 6) is -0.0265. The van der Waals surface area contributed by atoms with Gasteiger partial charge >= 0.3 is 0 Å². The number of benzene rings is 1. The third-order valence-corrected chi connectivity index (χ3v) is 3.83. The van der Waals surface area contributed by atoms with E-state index >= 15 is 0 Å². The quantitative estimate of drug-likeness (QED) is 0.829. The van der Waals surface area contributed by atoms with Gasteiger partial charge < -0.3 is 0 Å². The lowest BCUT2D eigenvalue weighted by molar-refractivity contribution is -0.0764. The second-order valence-corrected chi connectivity index (χ2v) is 5.04. The second-order valence-electron chi connectivity index (χ2n) is 4.12. The first kappa shape index (κ1) is 11.4. The Kier molecular flexibility index (Phi) is 3.13. The molecule has 2 aromatic rings. The summed E-state index contributed by atoms with van der Waals surface area (Å²) in [6.07, 6.45) is 0.914. The normalized spacial score (nSPS) is 15.0. The fourth-order valence-corrected chi connectivity index (χ4v) is 2.90. The highest BCUT2D eigenvalue weighted by Crippen LogP contribution is 2.29. The molecule has 0 saturated carbocycles. The van der Waals surface area contributed by atoms with Crippen molar-refractivity contribution < 1.29 is 9.63 Å². The van der Waals surface area contributed by atoms with E-state index in [2.05, 4.69) is 0 Å². The molecule has 1 amide bonds. The highest BCUT2D eigenvalue weighted by atomic mass is 32.1. The summed E-state index contributed by atoms with van der Waals surface area (Å²) in [5.41, 5.74) is 2.06. The average Bonchev–Trinajstić information content (AvgIpc) is 3.10. The Morgan fingerprint density at radius 1 is 1.22 bits per heavy atom. The van der Waals surface area contributed by atoms with E-state index in [1.807, 2.05) is 41.8 Å². The molecule has 0 spiro atoms. The minimum atomic E-state index is -0.0265. The molecular formula is C14H13NO2S. The maximum atomic E-state index is 12.3. The SMILES string of the molecule is O=C(c1sccc1-c1ccccc1)N1CCCO1. The molecule has 0 aliphatic carbocycles. The van der Waals surface area contributed by atoms with Gasteiger partial charge in [0.1, 0.15) is 4.88 Å². The van der Waals surface area contributed by atoms with Gasteiger partial charge in [-0.1, -0.05) is 30.3 Å². The van der Waals surface area contributed by atoms with Crippen molar-refractivity contribution in [3.8, 4) is 11.1 Å². The molecule has 4 heteroatoms. The van der Waals surface area contributed by atoms with Gasteiger partial charge in [-0.2, -0.15) is 0 Å². The van der Waals surface area contributed by atoms with Crippen molar-refractivity contribution in [2.24, 2.45) is 0 Å². The Bertz CT molecular complexity index is 544. The fourth-order valence-electron chi connectivity index (χ4n) is 2.04. The van der Waals surface area contributed by atoms with Crippen LogP contribution in [-0.4, -0.2) is 24.1 Å². The first-order chi connectivity index (χ1) is 8.86. The second kappa shape index (κ2) is 4.92. The number of hydroxylamine groups is 2. The van der Waals surface area contributed by atoms with E-state index in [1.165, 1.54) is 16.4 Å². The minimum Gasteiger partial charge on any atom is -0.271 e. The molecule has 2 heterocycles. The van der Waals surface area contributed by atoms with Crippen molar-refractivity contribution in [2.45, 2.75) is 6.42 Å². The van der Waals surface area contributed by atoms with E-state index in [9.17, 15) is 4.79 Å². The van der Waals surface area contributed by atoms with Crippen molar-refractivity contribution in [3.05, 3.63) is 46.7 Å². The van der Waals surface area contributed by atoms with Crippen LogP contribution in [-0.2, 0) is 4.84 Å². The lowest BCUT2D eigenvalue weighted by Gasteiger charge is -2.13. The third-order valence-electron chi connectivity index (χ3n) is 2.92. The maximum absolute atomic E-state index is 12.3. The Hall–Kier alpha value is -1.65. The van der Waals surface area contributed by atoms with Crippen molar-refractivity contribution >= 4 is 17.2 Å². The molecule has 1 saturated heterocycles. The topological polar surface area (TPSA) is 29.5 Å². The molecular weight excluding hydrogens is 246 g/mol. The van der Waals surface area contributed by atoms with E-state index < -0.39 is 0 Å². The summed E-state index contributed by atoms with van der Waals surface area (Å²) < 4.78 is 0. The molecule has 0 radical (unpaired) electrons. The minimum absolute atomic E-state index is 0.0265. The lowest BCUT2D eigenvalue weighted by atomic mass is 10.1. The zero-order chi connectivity index (χ0) is 12.4. The molecule has 1 aromatic heterocycles. The summed E-state index contributed by atoms with van der Waals surface area (Å²) in [5, 5.41) is 3.42. The molecule has 3 nitrogen and oxygen atoms in total. The highest BCUT2D eigenvalue weighted by molar-refractivity contribution is 7.12. The number of carbonyl (C=O) groups excluding carboxylic acids is 1. The van der Waals surface area contributed by atoms with Gasteiger partial charge in [0.15, 0.2) is 0 Å². The first-order valence-corrected chi connectivity index (χ1v) is 6.82. The Morgan fingerprint density at radius 3 is 2.78 bits per heavy atom. The smallest absolute Gasteiger partial charge is 0.271 e. The summed E-state index contributed by atoms with van der Waals surface area (Å²) in [4.78, 5) is 18.4. The molecule has 1 aliphatic rings. The summed E-state index contributed by atoms with van der Waals surface area (Å²) >= 11 is 1.47. The molecule has 0 unspecified atom stereocenters. The number of carbonyl (C=O) groups is 1. The zero-order valence-electron chi connectivity index (χ0n) is 9.83. The number of thiophene rings is 1. The van der Waals surface area contributed by atoms with E-state index in [-0.39, 0.29) is 5.91 Å². The number of hydrogen-bond donors (Lipinski definition) is 0. The number of amides is 1. The summed E-state index contributed by atoms with van der Waals surface area (Å²) in [7, 11) is 0. The van der Waals surface area contributed by atoms with Crippen LogP contribution in [0.3, 0.4) is 0 Å². The molecule has 0 atom stereocenters. The Morgan fingerprint density at radius 2 is 2.06 bits per heavy atom. The standard InChI is InChI=1S/C14H13NO2S/c16-14(15-8-4-9-17-15)13-12(7-10-18-13)11-5-2-1-3-6-11/h1-3,5-7,10H,4,8-9H2. The van der Waals surface area contributed by atoms with Gasteiger partial charge in [-0.3, -0.25) is 9.63 Å². The van der Waals surface area contributed by atoms with Crippen LogP contribution in [0.4, 0.5) is 0 Å². The van der Waals surface area contributed by atoms with Crippen LogP contribution in [0.2, 0.25) is 0 Å². The number of hydrogen-bond acceptors (Lipinski definition) is 3. The number of nitrogens with zero attached hydrogens (tertiary/aromatic N) is 1. The van der Waals surface area contributed by atoms with Crippen LogP contribution in [0.15, 0.2) is 41.8 Å². The molecule has 18 heavy (non-hydrogen) atoms. The Labute approximate surface area is 110 Å². The van der Waals surface area contributed by atoms with E-state index in [0.717, 1.165) is 22.4 Å². The molecule has 1 aliphatic heterocycles. The summed E-state index contributed by atoms with van der Waals surface area (Å²) in [6.45, 7) is 1.32. The molecule has 1 fully saturated rings. The highest BCUT2D eigenvalue weighted by Gasteiger charge is 2.24. The monoisotopic (exact) mass is 259 g/mol. The van der Waals surface area contributed by atoms with Crippen LogP contribution in [0.5, 0.6) is 0 Å². The van der Waals surface area contributed by atoms with Crippen molar-refractivity contribution in [3.63, 3.8) is 0 Å². The van der Waals surface area contributed by atoms with Gasteiger partial charge in [-0.25, -0.2) is 5.06 Å². The van der Waals surface area contributed by atoms with E-state index in [1.54, 1.807) is 0 Å². The van der Waals surface area contributed by atoms with Gasteiger partial charge in [0, 0.05) is 5.56 Å².